The van der Waals surface area contributed by atoms with E-state index in [2.05, 4.69) is 57.2 Å². The summed E-state index contributed by atoms with van der Waals surface area (Å²) in [5.74, 6) is -0.0625. The number of allylic oxidation sites excluding steroid dienone is 2. The van der Waals surface area contributed by atoms with Crippen LogP contribution in [-0.4, -0.2) is 15.9 Å². The predicted octanol–water partition coefficient (Wildman–Crippen LogP) is 6.33. The van der Waals surface area contributed by atoms with E-state index in [1.807, 2.05) is 24.4 Å². The maximum absolute atomic E-state index is 10.0. The van der Waals surface area contributed by atoms with E-state index >= 15 is 0 Å². The number of aliphatic hydroxyl groups excluding tert-OH is 1. The van der Waals surface area contributed by atoms with Crippen molar-refractivity contribution < 1.29 is 30.0 Å². The molecule has 1 heterocycles. The van der Waals surface area contributed by atoms with Crippen LogP contribution in [-0.2, 0) is 31.3 Å². The Labute approximate surface area is 187 Å². The summed E-state index contributed by atoms with van der Waals surface area (Å²) in [6.45, 7) is 9.64. The van der Waals surface area contributed by atoms with Crippen molar-refractivity contribution in [3.63, 3.8) is 0 Å². The average molecular weight is 567 g/mol. The molecule has 29 heavy (non-hydrogen) atoms. The van der Waals surface area contributed by atoms with E-state index < -0.39 is 0 Å². The van der Waals surface area contributed by atoms with Crippen LogP contribution in [0.15, 0.2) is 66.6 Å². The van der Waals surface area contributed by atoms with Crippen molar-refractivity contribution in [3.05, 3.63) is 78.2 Å². The largest absolute Gasteiger partial charge is 0.512 e. The molecule has 0 aliphatic heterocycles. The number of aliphatic hydroxyl groups is 1. The number of aromatic nitrogens is 1. The van der Waals surface area contributed by atoms with Crippen molar-refractivity contribution in [1.29, 1.82) is 0 Å². The summed E-state index contributed by atoms with van der Waals surface area (Å²) >= 11 is 0. The van der Waals surface area contributed by atoms with Gasteiger partial charge in [-0.2, -0.15) is 0 Å². The van der Waals surface area contributed by atoms with Crippen LogP contribution in [0.2, 0.25) is 0 Å². The molecule has 3 rings (SSSR count). The fourth-order valence-electron chi connectivity index (χ4n) is 3.01. The summed E-state index contributed by atoms with van der Waals surface area (Å²) in [5, 5.41) is 10.9. The van der Waals surface area contributed by atoms with Gasteiger partial charge in [0.25, 0.3) is 0 Å². The van der Waals surface area contributed by atoms with E-state index in [4.69, 9.17) is 10.1 Å². The number of carbonyl (C=O) groups is 1. The van der Waals surface area contributed by atoms with Gasteiger partial charge in [-0.25, -0.2) is 0 Å². The fourth-order valence-corrected chi connectivity index (χ4v) is 3.01. The molecule has 4 heteroatoms. The van der Waals surface area contributed by atoms with Gasteiger partial charge in [-0.05, 0) is 47.7 Å². The molecule has 0 unspecified atom stereocenters. The molecule has 3 aromatic rings. The van der Waals surface area contributed by atoms with Crippen molar-refractivity contribution in [2.75, 3.05) is 0 Å². The average Bonchev–Trinajstić information content (AvgIpc) is 2.61. The molecule has 0 atom stereocenters. The first-order chi connectivity index (χ1) is 13.2. The van der Waals surface area contributed by atoms with Gasteiger partial charge in [0.2, 0.25) is 0 Å². The number of pyridine rings is 1. The molecule has 0 fully saturated rings. The van der Waals surface area contributed by atoms with Crippen LogP contribution in [0.25, 0.3) is 22.0 Å². The van der Waals surface area contributed by atoms with Crippen molar-refractivity contribution in [2.45, 2.75) is 41.0 Å². The van der Waals surface area contributed by atoms with Crippen molar-refractivity contribution >= 4 is 16.6 Å². The van der Waals surface area contributed by atoms with Crippen LogP contribution in [0.5, 0.6) is 0 Å². The van der Waals surface area contributed by atoms with Crippen LogP contribution in [0, 0.1) is 11.5 Å². The summed E-state index contributed by atoms with van der Waals surface area (Å²) in [5.41, 5.74) is 3.64. The minimum absolute atomic E-state index is 0. The Morgan fingerprint density at radius 2 is 1.69 bits per heavy atom. The van der Waals surface area contributed by atoms with Crippen LogP contribution in [0.1, 0.15) is 40.2 Å². The standard InChI is InChI=1S/C20H20N.C5H8O2.Ir/c1-20(2,3)13-16-14-21-19(15-9-5-4-6-10-15)18-12-8-7-11-17(16)18;1-4(6)3-5(2)7;/h4-9,11-12,14H,13H2,1-3H3;3,6H,1-2H3;/q-1;;/b;4-3-;. The van der Waals surface area contributed by atoms with E-state index in [9.17, 15) is 4.79 Å². The molecule has 2 aromatic carbocycles. The Kier molecular flexibility index (Phi) is 9.42. The van der Waals surface area contributed by atoms with Crippen molar-refractivity contribution in [3.8, 4) is 11.3 Å². The van der Waals surface area contributed by atoms with Crippen molar-refractivity contribution in [2.24, 2.45) is 5.41 Å². The van der Waals surface area contributed by atoms with Crippen LogP contribution < -0.4 is 0 Å². The second-order valence-corrected chi connectivity index (χ2v) is 8.09. The zero-order valence-corrected chi connectivity index (χ0v) is 20.0. The Balaban J connectivity index is 0.000000456. The predicted molar refractivity (Wildman–Crippen MR) is 116 cm³/mol. The van der Waals surface area contributed by atoms with E-state index in [1.54, 1.807) is 0 Å². The molecule has 0 amide bonds. The molecule has 0 bridgehead atoms. The molecule has 0 spiro atoms. The van der Waals surface area contributed by atoms with Gasteiger partial charge < -0.3 is 10.1 Å². The monoisotopic (exact) mass is 567 g/mol. The quantitative estimate of drug-likeness (QED) is 0.229. The first kappa shape index (κ1) is 24.7. The van der Waals surface area contributed by atoms with Crippen LogP contribution in [0.3, 0.4) is 0 Å². The third kappa shape index (κ3) is 7.92. The van der Waals surface area contributed by atoms with Gasteiger partial charge in [-0.1, -0.05) is 45.0 Å². The summed E-state index contributed by atoms with van der Waals surface area (Å²) in [4.78, 5) is 14.7. The second-order valence-electron chi connectivity index (χ2n) is 8.09. The number of rotatable bonds is 3. The van der Waals surface area contributed by atoms with E-state index in [0.717, 1.165) is 17.7 Å². The molecule has 1 aromatic heterocycles. The normalized spacial score (nSPS) is 11.3. The second kappa shape index (κ2) is 11.0. The zero-order chi connectivity index (χ0) is 20.7. The van der Waals surface area contributed by atoms with Crippen molar-refractivity contribution in [1.82, 2.24) is 4.98 Å². The summed E-state index contributed by atoms with van der Waals surface area (Å²) in [6.07, 6.45) is 4.23. The molecular formula is C25H28IrNO2-. The molecule has 0 aliphatic carbocycles. The smallest absolute Gasteiger partial charge is 0.155 e. The molecule has 1 N–H and O–H groups in total. The van der Waals surface area contributed by atoms with Crippen LogP contribution >= 0.6 is 0 Å². The number of nitrogens with zero attached hydrogens (tertiary/aromatic N) is 1. The zero-order valence-electron chi connectivity index (χ0n) is 17.6. The SMILES string of the molecule is CC(=O)/C=C(/C)O.CC(C)(C)Cc1cnc(-c2[c-]cccc2)c2ccccc12.[Ir]. The molecular weight excluding hydrogens is 538 g/mol. The maximum atomic E-state index is 10.0. The van der Waals surface area contributed by atoms with E-state index in [1.165, 1.54) is 36.3 Å². The summed E-state index contributed by atoms with van der Waals surface area (Å²) in [7, 11) is 0. The first-order valence-electron chi connectivity index (χ1n) is 9.39. The van der Waals surface area contributed by atoms with Gasteiger partial charge in [-0.3, -0.25) is 4.79 Å². The fraction of sp³-hybridized carbons (Fsp3) is 0.280. The Morgan fingerprint density at radius 3 is 2.17 bits per heavy atom. The Morgan fingerprint density at radius 1 is 1.07 bits per heavy atom. The van der Waals surface area contributed by atoms with Gasteiger partial charge in [0.1, 0.15) is 0 Å². The molecule has 3 nitrogen and oxygen atoms in total. The topological polar surface area (TPSA) is 50.2 Å². The van der Waals surface area contributed by atoms with E-state index in [-0.39, 0.29) is 37.1 Å². The Bertz CT molecular complexity index is 969. The van der Waals surface area contributed by atoms with Gasteiger partial charge in [0.05, 0.1) is 5.76 Å². The third-order valence-corrected chi connectivity index (χ3v) is 3.97. The van der Waals surface area contributed by atoms with Gasteiger partial charge in [0, 0.05) is 32.4 Å². The minimum atomic E-state index is -0.125. The molecule has 155 valence electrons. The summed E-state index contributed by atoms with van der Waals surface area (Å²) < 4.78 is 0. The summed E-state index contributed by atoms with van der Waals surface area (Å²) in [6, 6.07) is 19.8. The molecule has 0 saturated heterocycles. The number of ketones is 1. The number of hydrogen-bond donors (Lipinski definition) is 1. The molecule has 0 aliphatic rings. The number of hydrogen-bond acceptors (Lipinski definition) is 3. The first-order valence-corrected chi connectivity index (χ1v) is 9.39. The number of fused-ring (bicyclic) bond motifs is 1. The Hall–Kier alpha value is -2.29. The number of carbonyl (C=O) groups excluding carboxylic acids is 1. The van der Waals surface area contributed by atoms with Gasteiger partial charge in [-0.15, -0.1) is 35.9 Å². The van der Waals surface area contributed by atoms with Gasteiger partial charge in [0.15, 0.2) is 5.78 Å². The third-order valence-electron chi connectivity index (χ3n) is 3.97. The minimum Gasteiger partial charge on any atom is -0.512 e. The molecule has 0 saturated carbocycles. The maximum Gasteiger partial charge on any atom is 0.155 e. The van der Waals surface area contributed by atoms with Gasteiger partial charge >= 0.3 is 0 Å². The molecule has 1 radical (unpaired) electrons. The van der Waals surface area contributed by atoms with Crippen LogP contribution in [0.4, 0.5) is 0 Å². The number of benzene rings is 2. The van der Waals surface area contributed by atoms with E-state index in [0.29, 0.717) is 0 Å².